The lowest BCUT2D eigenvalue weighted by atomic mass is 9.85. The van der Waals surface area contributed by atoms with Crippen molar-refractivity contribution >= 4 is 17.7 Å². The van der Waals surface area contributed by atoms with Crippen molar-refractivity contribution in [3.05, 3.63) is 35.9 Å². The first-order valence-electron chi connectivity index (χ1n) is 8.24. The van der Waals surface area contributed by atoms with E-state index in [9.17, 15) is 14.4 Å². The van der Waals surface area contributed by atoms with Crippen molar-refractivity contribution in [3.63, 3.8) is 0 Å². The second kappa shape index (κ2) is 6.26. The summed E-state index contributed by atoms with van der Waals surface area (Å²) >= 11 is 0. The highest BCUT2D eigenvalue weighted by atomic mass is 16.2. The molecule has 2 heterocycles. The highest BCUT2D eigenvalue weighted by Gasteiger charge is 2.46. The maximum Gasteiger partial charge on any atom is 0.253 e. The van der Waals surface area contributed by atoms with E-state index < -0.39 is 0 Å². The maximum absolute atomic E-state index is 12.9. The summed E-state index contributed by atoms with van der Waals surface area (Å²) in [7, 11) is 1.78. The molecule has 6 nitrogen and oxygen atoms in total. The maximum atomic E-state index is 12.9. The Kier molecular flexibility index (Phi) is 4.30. The zero-order valence-corrected chi connectivity index (χ0v) is 14.2. The van der Waals surface area contributed by atoms with Gasteiger partial charge in [-0.2, -0.15) is 0 Å². The van der Waals surface area contributed by atoms with Crippen LogP contribution in [0.5, 0.6) is 0 Å². The average Bonchev–Trinajstić information content (AvgIpc) is 2.73. The summed E-state index contributed by atoms with van der Waals surface area (Å²) in [6.07, 6.45) is 0.381. The minimum absolute atomic E-state index is 0.00890. The molecule has 0 aromatic heterocycles. The number of carbonyl (C=O) groups is 3. The Morgan fingerprint density at radius 3 is 2.21 bits per heavy atom. The van der Waals surface area contributed by atoms with Crippen LogP contribution >= 0.6 is 0 Å². The van der Waals surface area contributed by atoms with Crippen LogP contribution in [0.25, 0.3) is 0 Å². The molecule has 0 bridgehead atoms. The molecule has 128 valence electrons. The number of amides is 3. The number of rotatable bonds is 1. The summed E-state index contributed by atoms with van der Waals surface area (Å²) < 4.78 is 0. The molecule has 1 aromatic rings. The second-order valence-electron chi connectivity index (χ2n) is 6.96. The summed E-state index contributed by atoms with van der Waals surface area (Å²) in [5.74, 6) is 0.0280. The van der Waals surface area contributed by atoms with E-state index in [4.69, 9.17) is 0 Å². The van der Waals surface area contributed by atoms with E-state index in [1.165, 1.54) is 0 Å². The fraction of sp³-hybridized carbons (Fsp3) is 0.500. The van der Waals surface area contributed by atoms with Crippen LogP contribution in [-0.2, 0) is 9.59 Å². The molecule has 0 aliphatic carbocycles. The molecule has 1 atom stereocenters. The Morgan fingerprint density at radius 2 is 1.62 bits per heavy atom. The molecule has 2 aliphatic heterocycles. The van der Waals surface area contributed by atoms with Gasteiger partial charge in [-0.1, -0.05) is 18.2 Å². The SMILES string of the molecule is CC(=O)N1CCN(C(=O)c2ccccc2)C[C@]2(CC(=O)N(C)C2)C1. The van der Waals surface area contributed by atoms with E-state index in [1.807, 2.05) is 18.2 Å². The first-order chi connectivity index (χ1) is 11.4. The summed E-state index contributed by atoms with van der Waals surface area (Å²) in [6.45, 7) is 4.15. The van der Waals surface area contributed by atoms with Gasteiger partial charge in [-0.15, -0.1) is 0 Å². The molecular weight excluding hydrogens is 306 g/mol. The third-order valence-electron chi connectivity index (χ3n) is 4.97. The third-order valence-corrected chi connectivity index (χ3v) is 4.97. The van der Waals surface area contributed by atoms with Crippen LogP contribution in [0.1, 0.15) is 23.7 Å². The molecule has 1 aromatic carbocycles. The van der Waals surface area contributed by atoms with E-state index >= 15 is 0 Å². The van der Waals surface area contributed by atoms with Gasteiger partial charge in [0.25, 0.3) is 5.91 Å². The van der Waals surface area contributed by atoms with Crippen molar-refractivity contribution < 1.29 is 14.4 Å². The van der Waals surface area contributed by atoms with Gasteiger partial charge in [0, 0.05) is 64.1 Å². The Bertz CT molecular complexity index is 661. The van der Waals surface area contributed by atoms with Gasteiger partial charge in [0.05, 0.1) is 0 Å². The molecule has 0 unspecified atom stereocenters. The van der Waals surface area contributed by atoms with Gasteiger partial charge in [-0.3, -0.25) is 14.4 Å². The standard InChI is InChI=1S/C18H23N3O3/c1-14(22)20-8-9-21(17(24)15-6-4-3-5-7-15)13-18(12-20)10-16(23)19(2)11-18/h3-7H,8-13H2,1-2H3/t18-/m0/s1. The smallest absolute Gasteiger partial charge is 0.253 e. The van der Waals surface area contributed by atoms with Gasteiger partial charge in [0.1, 0.15) is 0 Å². The van der Waals surface area contributed by atoms with E-state index in [1.54, 1.807) is 40.8 Å². The first kappa shape index (κ1) is 16.5. The Morgan fingerprint density at radius 1 is 1.00 bits per heavy atom. The minimum atomic E-state index is -0.377. The minimum Gasteiger partial charge on any atom is -0.345 e. The van der Waals surface area contributed by atoms with Crippen molar-refractivity contribution in [1.29, 1.82) is 0 Å². The predicted molar refractivity (Wildman–Crippen MR) is 89.3 cm³/mol. The van der Waals surface area contributed by atoms with E-state index in [0.717, 1.165) is 0 Å². The average molecular weight is 329 g/mol. The Hall–Kier alpha value is -2.37. The summed E-state index contributed by atoms with van der Waals surface area (Å²) in [4.78, 5) is 42.2. The third kappa shape index (κ3) is 3.13. The summed E-state index contributed by atoms with van der Waals surface area (Å²) in [5, 5.41) is 0. The quantitative estimate of drug-likeness (QED) is 0.767. The molecule has 3 amide bonds. The second-order valence-corrected chi connectivity index (χ2v) is 6.96. The molecule has 2 fully saturated rings. The zero-order valence-electron chi connectivity index (χ0n) is 14.2. The fourth-order valence-electron chi connectivity index (χ4n) is 3.78. The van der Waals surface area contributed by atoms with Crippen LogP contribution in [0.15, 0.2) is 30.3 Å². The number of nitrogens with zero attached hydrogens (tertiary/aromatic N) is 3. The molecule has 2 aliphatic rings. The Balaban J connectivity index is 1.88. The molecule has 3 rings (SSSR count). The lowest BCUT2D eigenvalue weighted by molar-refractivity contribution is -0.130. The zero-order chi connectivity index (χ0) is 17.3. The van der Waals surface area contributed by atoms with Gasteiger partial charge < -0.3 is 14.7 Å². The van der Waals surface area contributed by atoms with Crippen LogP contribution in [0.2, 0.25) is 0 Å². The lowest BCUT2D eigenvalue weighted by Crippen LogP contribution is -2.44. The summed E-state index contributed by atoms with van der Waals surface area (Å²) in [5.41, 5.74) is 0.264. The van der Waals surface area contributed by atoms with Gasteiger partial charge in [-0.25, -0.2) is 0 Å². The molecule has 0 N–H and O–H groups in total. The largest absolute Gasteiger partial charge is 0.345 e. The summed E-state index contributed by atoms with van der Waals surface area (Å²) in [6, 6.07) is 9.16. The fourth-order valence-corrected chi connectivity index (χ4v) is 3.78. The van der Waals surface area contributed by atoms with E-state index in [0.29, 0.717) is 44.7 Å². The molecule has 1 spiro atoms. The van der Waals surface area contributed by atoms with Crippen LogP contribution in [0.4, 0.5) is 0 Å². The van der Waals surface area contributed by atoms with Crippen molar-refractivity contribution in [2.24, 2.45) is 5.41 Å². The predicted octanol–water partition coefficient (Wildman–Crippen LogP) is 0.839. The number of benzene rings is 1. The van der Waals surface area contributed by atoms with Gasteiger partial charge in [-0.05, 0) is 12.1 Å². The lowest BCUT2D eigenvalue weighted by Gasteiger charge is -2.33. The monoisotopic (exact) mass is 329 g/mol. The van der Waals surface area contributed by atoms with Crippen molar-refractivity contribution in [3.8, 4) is 0 Å². The molecule has 0 saturated carbocycles. The van der Waals surface area contributed by atoms with Crippen LogP contribution < -0.4 is 0 Å². The van der Waals surface area contributed by atoms with Crippen molar-refractivity contribution in [2.75, 3.05) is 39.8 Å². The van der Waals surface area contributed by atoms with Crippen molar-refractivity contribution in [1.82, 2.24) is 14.7 Å². The molecule has 6 heteroatoms. The van der Waals surface area contributed by atoms with E-state index in [2.05, 4.69) is 0 Å². The number of hydrogen-bond acceptors (Lipinski definition) is 3. The van der Waals surface area contributed by atoms with Gasteiger partial charge in [0.15, 0.2) is 0 Å². The number of hydrogen-bond donors (Lipinski definition) is 0. The molecule has 0 radical (unpaired) electrons. The number of carbonyl (C=O) groups excluding carboxylic acids is 3. The topological polar surface area (TPSA) is 60.9 Å². The van der Waals surface area contributed by atoms with E-state index in [-0.39, 0.29) is 23.1 Å². The molecule has 2 saturated heterocycles. The van der Waals surface area contributed by atoms with Crippen LogP contribution in [-0.4, -0.2) is 72.2 Å². The molecule has 24 heavy (non-hydrogen) atoms. The highest BCUT2D eigenvalue weighted by Crippen LogP contribution is 2.34. The van der Waals surface area contributed by atoms with Gasteiger partial charge >= 0.3 is 0 Å². The van der Waals surface area contributed by atoms with Crippen molar-refractivity contribution in [2.45, 2.75) is 13.3 Å². The van der Waals surface area contributed by atoms with Crippen LogP contribution in [0.3, 0.4) is 0 Å². The van der Waals surface area contributed by atoms with Crippen LogP contribution in [0, 0.1) is 5.41 Å². The van der Waals surface area contributed by atoms with Gasteiger partial charge in [0.2, 0.25) is 11.8 Å². The Labute approximate surface area is 142 Å². The first-order valence-corrected chi connectivity index (χ1v) is 8.24. The highest BCUT2D eigenvalue weighted by molar-refractivity contribution is 5.94. The normalized spacial score (nSPS) is 24.4. The number of likely N-dealkylation sites (tertiary alicyclic amines) is 1. The molecular formula is C18H23N3O3.